The zero-order valence-electron chi connectivity index (χ0n) is 19.5. The van der Waals surface area contributed by atoms with Crippen LogP contribution >= 0.6 is 0 Å². The van der Waals surface area contributed by atoms with Gasteiger partial charge in [0.05, 0.1) is 19.6 Å². The van der Waals surface area contributed by atoms with E-state index in [9.17, 15) is 9.18 Å². The van der Waals surface area contributed by atoms with E-state index in [0.717, 1.165) is 22.1 Å². The Bertz CT molecular complexity index is 1380. The quantitative estimate of drug-likeness (QED) is 0.439. The predicted octanol–water partition coefficient (Wildman–Crippen LogP) is 4.41. The number of halogens is 1. The largest absolute Gasteiger partial charge is 0.493 e. The van der Waals surface area contributed by atoms with Crippen LogP contribution in [0.3, 0.4) is 0 Å². The number of hydrogen-bond donors (Lipinski definition) is 1. The molecule has 0 atom stereocenters. The molecule has 0 radical (unpaired) electrons. The van der Waals surface area contributed by atoms with Gasteiger partial charge in [-0.15, -0.1) is 0 Å². The first-order valence-electron chi connectivity index (χ1n) is 11.3. The molecule has 5 rings (SSSR count). The minimum Gasteiger partial charge on any atom is -0.493 e. The number of carbonyl (C=O) groups excluding carboxylic acids is 1. The Morgan fingerprint density at radius 2 is 1.71 bits per heavy atom. The number of furan rings is 1. The van der Waals surface area contributed by atoms with Gasteiger partial charge in [0, 0.05) is 30.1 Å². The summed E-state index contributed by atoms with van der Waals surface area (Å²) in [6.45, 7) is 1.25. The molecular weight excluding hydrogens is 451 g/mol. The molecule has 0 saturated carbocycles. The fraction of sp³-hybridized carbons (Fsp3) is 0.269. The van der Waals surface area contributed by atoms with Crippen molar-refractivity contribution >= 4 is 22.8 Å². The molecule has 2 N–H and O–H groups in total. The van der Waals surface area contributed by atoms with Gasteiger partial charge in [-0.3, -0.25) is 4.79 Å². The molecule has 0 unspecified atom stereocenters. The molecule has 0 bridgehead atoms. The molecule has 35 heavy (non-hydrogen) atoms. The number of anilines is 1. The van der Waals surface area contributed by atoms with E-state index in [-0.39, 0.29) is 17.6 Å². The van der Waals surface area contributed by atoms with E-state index in [0.29, 0.717) is 54.7 Å². The van der Waals surface area contributed by atoms with Gasteiger partial charge in [-0.1, -0.05) is 12.1 Å². The number of methoxy groups -OCH3 is 2. The Kier molecular flexibility index (Phi) is 5.98. The highest BCUT2D eigenvalue weighted by atomic mass is 19.1. The van der Waals surface area contributed by atoms with Crippen LogP contribution in [0, 0.1) is 11.7 Å². The number of piperidine rings is 1. The number of hydrogen-bond acceptors (Lipinski definition) is 7. The molecule has 2 aromatic heterocycles. The summed E-state index contributed by atoms with van der Waals surface area (Å²) in [7, 11) is 3.15. The molecule has 1 aliphatic rings. The van der Waals surface area contributed by atoms with E-state index >= 15 is 0 Å². The van der Waals surface area contributed by atoms with Crippen molar-refractivity contribution in [1.82, 2.24) is 9.97 Å². The van der Waals surface area contributed by atoms with E-state index in [4.69, 9.17) is 19.6 Å². The van der Waals surface area contributed by atoms with Gasteiger partial charge in [0.25, 0.3) is 0 Å². The van der Waals surface area contributed by atoms with Crippen molar-refractivity contribution in [2.24, 2.45) is 11.7 Å². The van der Waals surface area contributed by atoms with Crippen LogP contribution in [-0.4, -0.2) is 43.2 Å². The molecule has 1 saturated heterocycles. The molecule has 9 heteroatoms. The molecule has 0 spiro atoms. The summed E-state index contributed by atoms with van der Waals surface area (Å²) in [5, 5.41) is 0.724. The van der Waals surface area contributed by atoms with Crippen molar-refractivity contribution in [1.29, 1.82) is 0 Å². The molecule has 180 valence electrons. The van der Waals surface area contributed by atoms with Crippen LogP contribution in [0.1, 0.15) is 12.8 Å². The number of rotatable bonds is 6. The first kappa shape index (κ1) is 22.6. The highest BCUT2D eigenvalue weighted by Crippen LogP contribution is 2.45. The Morgan fingerprint density at radius 3 is 2.37 bits per heavy atom. The topological polar surface area (TPSA) is 104 Å². The van der Waals surface area contributed by atoms with Crippen molar-refractivity contribution in [3.05, 3.63) is 54.6 Å². The van der Waals surface area contributed by atoms with E-state index < -0.39 is 0 Å². The van der Waals surface area contributed by atoms with Crippen LogP contribution in [0.15, 0.2) is 53.2 Å². The normalized spacial score (nSPS) is 14.3. The fourth-order valence-electron chi connectivity index (χ4n) is 4.61. The number of nitrogens with zero attached hydrogens (tertiary/aromatic N) is 3. The molecule has 0 aliphatic carbocycles. The fourth-order valence-corrected chi connectivity index (χ4v) is 4.61. The van der Waals surface area contributed by atoms with Gasteiger partial charge in [0.1, 0.15) is 23.7 Å². The van der Waals surface area contributed by atoms with Crippen LogP contribution in [0.25, 0.3) is 33.6 Å². The molecule has 1 fully saturated rings. The lowest BCUT2D eigenvalue weighted by atomic mass is 9.95. The van der Waals surface area contributed by atoms with Crippen molar-refractivity contribution < 1.29 is 23.1 Å². The van der Waals surface area contributed by atoms with Crippen LogP contribution in [0.5, 0.6) is 11.5 Å². The highest BCUT2D eigenvalue weighted by Gasteiger charge is 2.29. The number of carbonyl (C=O) groups is 1. The SMILES string of the molecule is COc1ccc(-c2oc3ncnc(N4CCC(C(N)=O)CC4)c3c2-c2ccc(F)cc2)cc1OC. The number of nitrogens with two attached hydrogens (primary N) is 1. The van der Waals surface area contributed by atoms with Crippen LogP contribution in [-0.2, 0) is 4.79 Å². The summed E-state index contributed by atoms with van der Waals surface area (Å²) in [6, 6.07) is 11.7. The van der Waals surface area contributed by atoms with Crippen molar-refractivity contribution in [2.45, 2.75) is 12.8 Å². The molecule has 2 aromatic carbocycles. The lowest BCUT2D eigenvalue weighted by Gasteiger charge is -2.31. The molecule has 8 nitrogen and oxygen atoms in total. The third-order valence-electron chi connectivity index (χ3n) is 6.44. The Hall–Kier alpha value is -4.14. The van der Waals surface area contributed by atoms with Crippen LogP contribution in [0.4, 0.5) is 10.2 Å². The second-order valence-electron chi connectivity index (χ2n) is 8.42. The number of primary amides is 1. The number of ether oxygens (including phenoxy) is 2. The molecule has 3 heterocycles. The molecule has 1 amide bonds. The first-order valence-corrected chi connectivity index (χ1v) is 11.3. The third kappa shape index (κ3) is 4.14. The second-order valence-corrected chi connectivity index (χ2v) is 8.42. The van der Waals surface area contributed by atoms with Gasteiger partial charge in [-0.05, 0) is 48.7 Å². The van der Waals surface area contributed by atoms with E-state index in [1.807, 2.05) is 12.1 Å². The summed E-state index contributed by atoms with van der Waals surface area (Å²) in [4.78, 5) is 22.8. The maximum absolute atomic E-state index is 13.8. The molecular formula is C26H25FN4O4. The van der Waals surface area contributed by atoms with E-state index in [1.165, 1.54) is 18.5 Å². The Labute approximate surface area is 201 Å². The summed E-state index contributed by atoms with van der Waals surface area (Å²) >= 11 is 0. The van der Waals surface area contributed by atoms with E-state index in [1.54, 1.807) is 32.4 Å². The van der Waals surface area contributed by atoms with Gasteiger partial charge in [0.2, 0.25) is 11.6 Å². The summed E-state index contributed by atoms with van der Waals surface area (Å²) < 4.78 is 31.0. The van der Waals surface area contributed by atoms with Gasteiger partial charge in [-0.2, -0.15) is 0 Å². The Balaban J connectivity index is 1.70. The highest BCUT2D eigenvalue weighted by molar-refractivity contribution is 6.06. The van der Waals surface area contributed by atoms with Gasteiger partial charge in [0.15, 0.2) is 11.5 Å². The average molecular weight is 477 g/mol. The zero-order valence-corrected chi connectivity index (χ0v) is 19.5. The predicted molar refractivity (Wildman–Crippen MR) is 130 cm³/mol. The van der Waals surface area contributed by atoms with Crippen LogP contribution in [0.2, 0.25) is 0 Å². The van der Waals surface area contributed by atoms with Crippen molar-refractivity contribution in [3.63, 3.8) is 0 Å². The minimum atomic E-state index is -0.334. The molecule has 1 aliphatic heterocycles. The minimum absolute atomic E-state index is 0.146. The second kappa shape index (κ2) is 9.25. The van der Waals surface area contributed by atoms with Crippen molar-refractivity contribution in [2.75, 3.05) is 32.2 Å². The summed E-state index contributed by atoms with van der Waals surface area (Å²) in [6.07, 6.45) is 2.76. The number of benzene rings is 2. The Morgan fingerprint density at radius 1 is 1.03 bits per heavy atom. The number of amides is 1. The maximum atomic E-state index is 13.8. The lowest BCUT2D eigenvalue weighted by Crippen LogP contribution is -2.39. The summed E-state index contributed by atoms with van der Waals surface area (Å²) in [5.74, 6) is 1.65. The van der Waals surface area contributed by atoms with Gasteiger partial charge >= 0.3 is 0 Å². The van der Waals surface area contributed by atoms with Crippen molar-refractivity contribution in [3.8, 4) is 33.9 Å². The maximum Gasteiger partial charge on any atom is 0.232 e. The standard InChI is InChI=1S/C26H25FN4O4/c1-33-19-8-5-17(13-20(19)34-2)23-21(15-3-6-18(27)7-4-15)22-25(29-14-30-26(22)35-23)31-11-9-16(10-12-31)24(28)32/h3-8,13-14,16H,9-12H2,1-2H3,(H2,28,32). The third-order valence-corrected chi connectivity index (χ3v) is 6.44. The zero-order chi connectivity index (χ0) is 24.5. The first-order chi connectivity index (χ1) is 17.0. The summed E-state index contributed by atoms with van der Waals surface area (Å²) in [5.41, 5.74) is 8.19. The lowest BCUT2D eigenvalue weighted by molar-refractivity contribution is -0.122. The van der Waals surface area contributed by atoms with Crippen LogP contribution < -0.4 is 20.1 Å². The average Bonchev–Trinajstić information content (AvgIpc) is 3.28. The van der Waals surface area contributed by atoms with E-state index in [2.05, 4.69) is 14.9 Å². The van der Waals surface area contributed by atoms with Gasteiger partial charge < -0.3 is 24.5 Å². The van der Waals surface area contributed by atoms with Gasteiger partial charge in [-0.25, -0.2) is 14.4 Å². The smallest absolute Gasteiger partial charge is 0.232 e. The number of aromatic nitrogens is 2. The monoisotopic (exact) mass is 476 g/mol. The molecule has 4 aromatic rings. The number of fused-ring (bicyclic) bond motifs is 1.